The largest absolute Gasteiger partial charge is 0.492 e. The van der Waals surface area contributed by atoms with Crippen molar-refractivity contribution in [2.45, 2.75) is 31.9 Å². The molecule has 29 heavy (non-hydrogen) atoms. The zero-order valence-electron chi connectivity index (χ0n) is 17.6. The van der Waals surface area contributed by atoms with Crippen molar-refractivity contribution >= 4 is 29.9 Å². The van der Waals surface area contributed by atoms with Crippen LogP contribution >= 0.6 is 24.0 Å². The number of hydrogen-bond acceptors (Lipinski definition) is 5. The molecule has 1 atom stereocenters. The molecule has 2 aliphatic heterocycles. The summed E-state index contributed by atoms with van der Waals surface area (Å²) in [7, 11) is 1.79. The molecule has 164 valence electrons. The molecule has 2 heterocycles. The summed E-state index contributed by atoms with van der Waals surface area (Å²) in [6, 6.07) is 8.22. The summed E-state index contributed by atoms with van der Waals surface area (Å²) in [5.41, 5.74) is 1.07. The first-order chi connectivity index (χ1) is 13.7. The quantitative estimate of drug-likeness (QED) is 0.313. The number of nitrogens with one attached hydrogen (secondary N) is 2. The normalized spacial score (nSPS) is 22.8. The van der Waals surface area contributed by atoms with Crippen LogP contribution in [0.1, 0.15) is 25.3 Å². The molecule has 2 saturated heterocycles. The lowest BCUT2D eigenvalue weighted by atomic mass is 10.0. The van der Waals surface area contributed by atoms with Gasteiger partial charge in [-0.25, -0.2) is 0 Å². The van der Waals surface area contributed by atoms with Crippen LogP contribution in [0.5, 0.6) is 5.75 Å². The average molecular weight is 518 g/mol. The number of nitrogens with zero attached hydrogens (tertiary/aromatic N) is 2. The van der Waals surface area contributed by atoms with Crippen LogP contribution in [-0.2, 0) is 16.0 Å². The van der Waals surface area contributed by atoms with E-state index >= 15 is 0 Å². The minimum absolute atomic E-state index is 0. The monoisotopic (exact) mass is 518 g/mol. The smallest absolute Gasteiger partial charge is 0.191 e. The number of guanidine groups is 1. The van der Waals surface area contributed by atoms with Gasteiger partial charge in [-0.1, -0.05) is 12.1 Å². The van der Waals surface area contributed by atoms with Gasteiger partial charge >= 0.3 is 0 Å². The number of ether oxygens (including phenoxy) is 3. The third kappa shape index (κ3) is 8.27. The highest BCUT2D eigenvalue weighted by Gasteiger charge is 2.29. The molecule has 0 amide bonds. The van der Waals surface area contributed by atoms with E-state index in [1.54, 1.807) is 7.05 Å². The molecular weight excluding hydrogens is 483 g/mol. The third-order valence-electron chi connectivity index (χ3n) is 5.29. The molecule has 1 aromatic carbocycles. The highest BCUT2D eigenvalue weighted by atomic mass is 127. The Morgan fingerprint density at radius 1 is 1.24 bits per heavy atom. The van der Waals surface area contributed by atoms with Crippen LogP contribution in [-0.4, -0.2) is 76.1 Å². The van der Waals surface area contributed by atoms with Crippen LogP contribution < -0.4 is 15.4 Å². The predicted molar refractivity (Wildman–Crippen MR) is 126 cm³/mol. The first-order valence-corrected chi connectivity index (χ1v) is 10.3. The van der Waals surface area contributed by atoms with E-state index < -0.39 is 0 Å². The fourth-order valence-electron chi connectivity index (χ4n) is 3.52. The van der Waals surface area contributed by atoms with Crippen molar-refractivity contribution < 1.29 is 14.2 Å². The van der Waals surface area contributed by atoms with Crippen molar-refractivity contribution in [3.8, 4) is 5.75 Å². The van der Waals surface area contributed by atoms with Gasteiger partial charge in [-0.2, -0.15) is 0 Å². The van der Waals surface area contributed by atoms with Crippen molar-refractivity contribution in [3.63, 3.8) is 0 Å². The molecule has 0 aromatic heterocycles. The molecule has 2 N–H and O–H groups in total. The molecule has 0 aliphatic carbocycles. The Morgan fingerprint density at radius 2 is 2.07 bits per heavy atom. The summed E-state index contributed by atoms with van der Waals surface area (Å²) in [5.74, 6) is 1.69. The maximum absolute atomic E-state index is 5.94. The Bertz CT molecular complexity index is 632. The van der Waals surface area contributed by atoms with Gasteiger partial charge in [-0.05, 0) is 37.5 Å². The topological polar surface area (TPSA) is 67.4 Å². The third-order valence-corrected chi connectivity index (χ3v) is 5.29. The van der Waals surface area contributed by atoms with Crippen molar-refractivity contribution in [1.29, 1.82) is 0 Å². The zero-order valence-corrected chi connectivity index (χ0v) is 19.9. The molecule has 1 unspecified atom stereocenters. The Labute approximate surface area is 191 Å². The summed E-state index contributed by atoms with van der Waals surface area (Å²) >= 11 is 0. The molecule has 0 spiro atoms. The van der Waals surface area contributed by atoms with Gasteiger partial charge in [0.25, 0.3) is 0 Å². The van der Waals surface area contributed by atoms with Gasteiger partial charge in [-0.3, -0.25) is 9.89 Å². The lowest BCUT2D eigenvalue weighted by molar-refractivity contribution is 0.0243. The molecule has 0 radical (unpaired) electrons. The van der Waals surface area contributed by atoms with Crippen molar-refractivity contribution in [2.24, 2.45) is 4.99 Å². The van der Waals surface area contributed by atoms with Gasteiger partial charge in [0.05, 0.1) is 18.8 Å². The van der Waals surface area contributed by atoms with E-state index in [9.17, 15) is 0 Å². The van der Waals surface area contributed by atoms with Gasteiger partial charge < -0.3 is 24.8 Å². The van der Waals surface area contributed by atoms with Crippen LogP contribution in [0.2, 0.25) is 0 Å². The van der Waals surface area contributed by atoms with Crippen LogP contribution in [0.15, 0.2) is 29.3 Å². The van der Waals surface area contributed by atoms with E-state index in [4.69, 9.17) is 14.2 Å². The van der Waals surface area contributed by atoms with Gasteiger partial charge in [0.15, 0.2) is 5.96 Å². The molecule has 0 bridgehead atoms. The Kier molecular flexibility index (Phi) is 10.5. The second-order valence-electron chi connectivity index (χ2n) is 7.63. The second-order valence-corrected chi connectivity index (χ2v) is 7.63. The maximum atomic E-state index is 5.94. The highest BCUT2D eigenvalue weighted by molar-refractivity contribution is 14.0. The first-order valence-electron chi connectivity index (χ1n) is 10.3. The molecule has 8 heteroatoms. The predicted octanol–water partition coefficient (Wildman–Crippen LogP) is 2.25. The average Bonchev–Trinajstić information content (AvgIpc) is 3.16. The fourth-order valence-corrected chi connectivity index (χ4v) is 3.52. The van der Waals surface area contributed by atoms with Crippen LogP contribution in [0.3, 0.4) is 0 Å². The van der Waals surface area contributed by atoms with E-state index in [0.29, 0.717) is 13.2 Å². The minimum atomic E-state index is -0.0914. The lowest BCUT2D eigenvalue weighted by Crippen LogP contribution is -2.45. The molecule has 2 fully saturated rings. The Balaban J connectivity index is 0.00000300. The van der Waals surface area contributed by atoms with Gasteiger partial charge in [0.2, 0.25) is 0 Å². The number of rotatable bonds is 8. The molecule has 3 rings (SSSR count). The molecule has 1 aromatic rings. The van der Waals surface area contributed by atoms with Crippen LogP contribution in [0.25, 0.3) is 0 Å². The Hall–Kier alpha value is -1.10. The second kappa shape index (κ2) is 12.6. The SMILES string of the molecule is CN=C(NCc1cccc(OCCN2CCOCC2)c1)NCC1(C)CCCO1.I. The molecule has 7 nitrogen and oxygen atoms in total. The minimum Gasteiger partial charge on any atom is -0.492 e. The van der Waals surface area contributed by atoms with E-state index in [1.807, 2.05) is 12.1 Å². The number of hydrogen-bond donors (Lipinski definition) is 2. The maximum Gasteiger partial charge on any atom is 0.191 e. The standard InChI is InChI=1S/C21H34N4O3.HI/c1-21(7-4-11-28-21)17-24-20(22-2)23-16-18-5-3-6-19(15-18)27-14-10-25-8-12-26-13-9-25;/h3,5-6,15H,4,7-14,16-17H2,1-2H3,(H2,22,23,24);1H. The van der Waals surface area contributed by atoms with E-state index in [-0.39, 0.29) is 29.6 Å². The summed E-state index contributed by atoms with van der Waals surface area (Å²) in [5, 5.41) is 6.74. The van der Waals surface area contributed by atoms with E-state index in [0.717, 1.165) is 76.1 Å². The number of benzene rings is 1. The molecular formula is C21H35IN4O3. The van der Waals surface area contributed by atoms with Crippen molar-refractivity contribution in [3.05, 3.63) is 29.8 Å². The molecule has 0 saturated carbocycles. The number of halogens is 1. The number of aliphatic imine (C=N–C) groups is 1. The van der Waals surface area contributed by atoms with Crippen LogP contribution in [0, 0.1) is 0 Å². The van der Waals surface area contributed by atoms with Crippen molar-refractivity contribution in [2.75, 3.05) is 59.7 Å². The van der Waals surface area contributed by atoms with Gasteiger partial charge in [-0.15, -0.1) is 24.0 Å². The summed E-state index contributed by atoms with van der Waals surface area (Å²) < 4.78 is 17.1. The molecule has 2 aliphatic rings. The Morgan fingerprint density at radius 3 is 2.79 bits per heavy atom. The number of morpholine rings is 1. The van der Waals surface area contributed by atoms with Crippen molar-refractivity contribution in [1.82, 2.24) is 15.5 Å². The van der Waals surface area contributed by atoms with E-state index in [1.165, 1.54) is 0 Å². The van der Waals surface area contributed by atoms with E-state index in [2.05, 4.69) is 39.6 Å². The van der Waals surface area contributed by atoms with Gasteiger partial charge in [0, 0.05) is 46.4 Å². The summed E-state index contributed by atoms with van der Waals surface area (Å²) in [4.78, 5) is 6.68. The summed E-state index contributed by atoms with van der Waals surface area (Å²) in [6.45, 7) is 9.70. The fraction of sp³-hybridized carbons (Fsp3) is 0.667. The van der Waals surface area contributed by atoms with Crippen LogP contribution in [0.4, 0.5) is 0 Å². The first kappa shape index (κ1) is 24.2. The van der Waals surface area contributed by atoms with Gasteiger partial charge in [0.1, 0.15) is 12.4 Å². The highest BCUT2D eigenvalue weighted by Crippen LogP contribution is 2.23. The zero-order chi connectivity index (χ0) is 19.7. The lowest BCUT2D eigenvalue weighted by Gasteiger charge is -2.26. The summed E-state index contributed by atoms with van der Waals surface area (Å²) in [6.07, 6.45) is 2.21.